The van der Waals surface area contributed by atoms with E-state index < -0.39 is 17.0 Å². The molecule has 1 saturated heterocycles. The van der Waals surface area contributed by atoms with E-state index >= 15 is 0 Å². The van der Waals surface area contributed by atoms with E-state index in [9.17, 15) is 14.0 Å². The highest BCUT2D eigenvalue weighted by Crippen LogP contribution is 2.43. The van der Waals surface area contributed by atoms with E-state index in [0.29, 0.717) is 18.4 Å². The minimum Gasteiger partial charge on any atom is -0.317 e. The molecule has 0 amide bonds. The van der Waals surface area contributed by atoms with Crippen LogP contribution in [0, 0.1) is 28.4 Å². The minimum atomic E-state index is -0.584. The first-order valence-electron chi connectivity index (χ1n) is 6.16. The standard InChI is InChI=1S/C14H16F2N2.ClH/c1-10(12-3-2-11(15)8-13(12)16)14(9-17)4-6-18-7-5-14;/h2-3,8,10,18H,4-7H2,1H3;1H. The summed E-state index contributed by atoms with van der Waals surface area (Å²) in [5.41, 5.74) is -0.121. The average molecular weight is 287 g/mol. The third kappa shape index (κ3) is 3.05. The average Bonchev–Trinajstić information content (AvgIpc) is 2.39. The highest BCUT2D eigenvalue weighted by Gasteiger charge is 2.39. The van der Waals surface area contributed by atoms with Crippen molar-refractivity contribution >= 4 is 12.4 Å². The van der Waals surface area contributed by atoms with Gasteiger partial charge in [-0.3, -0.25) is 0 Å². The molecule has 5 heteroatoms. The van der Waals surface area contributed by atoms with Crippen LogP contribution in [-0.2, 0) is 0 Å². The van der Waals surface area contributed by atoms with Gasteiger partial charge >= 0.3 is 0 Å². The number of rotatable bonds is 2. The van der Waals surface area contributed by atoms with Crippen LogP contribution in [0.2, 0.25) is 0 Å². The fraction of sp³-hybridized carbons (Fsp3) is 0.500. The highest BCUT2D eigenvalue weighted by atomic mass is 35.5. The molecule has 0 saturated carbocycles. The molecule has 0 aliphatic carbocycles. The third-order valence-corrected chi connectivity index (χ3v) is 3.98. The lowest BCUT2D eigenvalue weighted by Crippen LogP contribution is -2.39. The Morgan fingerprint density at radius 1 is 1.32 bits per heavy atom. The summed E-state index contributed by atoms with van der Waals surface area (Å²) in [5, 5.41) is 12.6. The monoisotopic (exact) mass is 286 g/mol. The maximum absolute atomic E-state index is 13.8. The molecular weight excluding hydrogens is 270 g/mol. The summed E-state index contributed by atoms with van der Waals surface area (Å²) in [6.45, 7) is 3.38. The Hall–Kier alpha value is -1.18. The molecule has 1 unspecified atom stereocenters. The lowest BCUT2D eigenvalue weighted by atomic mass is 9.68. The Labute approximate surface area is 118 Å². The zero-order valence-electron chi connectivity index (χ0n) is 10.7. The van der Waals surface area contributed by atoms with Crippen LogP contribution < -0.4 is 5.32 Å². The van der Waals surface area contributed by atoms with Gasteiger partial charge in [-0.15, -0.1) is 12.4 Å². The van der Waals surface area contributed by atoms with Gasteiger partial charge in [0.1, 0.15) is 11.6 Å². The van der Waals surface area contributed by atoms with Crippen LogP contribution in [0.25, 0.3) is 0 Å². The molecule has 1 aliphatic rings. The number of nitriles is 1. The summed E-state index contributed by atoms with van der Waals surface area (Å²) < 4.78 is 26.7. The number of piperidine rings is 1. The molecule has 2 nitrogen and oxygen atoms in total. The normalized spacial score (nSPS) is 19.1. The van der Waals surface area contributed by atoms with Crippen LogP contribution in [0.1, 0.15) is 31.2 Å². The van der Waals surface area contributed by atoms with E-state index in [4.69, 9.17) is 0 Å². The molecule has 19 heavy (non-hydrogen) atoms. The Kier molecular flexibility index (Phi) is 5.28. The molecule has 0 radical (unpaired) electrons. The van der Waals surface area contributed by atoms with Gasteiger partial charge in [0, 0.05) is 12.0 Å². The summed E-state index contributed by atoms with van der Waals surface area (Å²) in [6.07, 6.45) is 1.39. The highest BCUT2D eigenvalue weighted by molar-refractivity contribution is 5.85. The SMILES string of the molecule is CC(c1ccc(F)cc1F)C1(C#N)CCNCC1.Cl. The van der Waals surface area contributed by atoms with Crippen LogP contribution in [0.5, 0.6) is 0 Å². The van der Waals surface area contributed by atoms with Crippen molar-refractivity contribution in [1.29, 1.82) is 5.26 Å². The van der Waals surface area contributed by atoms with Gasteiger partial charge in [0.05, 0.1) is 11.5 Å². The quantitative estimate of drug-likeness (QED) is 0.905. The molecular formula is C14H17ClF2N2. The van der Waals surface area contributed by atoms with Crippen molar-refractivity contribution < 1.29 is 8.78 Å². The van der Waals surface area contributed by atoms with E-state index in [0.717, 1.165) is 19.2 Å². The number of halogens is 3. The first-order chi connectivity index (χ1) is 8.59. The lowest BCUT2D eigenvalue weighted by Gasteiger charge is -2.36. The molecule has 1 heterocycles. The van der Waals surface area contributed by atoms with E-state index in [1.807, 2.05) is 6.92 Å². The fourth-order valence-corrected chi connectivity index (χ4v) is 2.66. The van der Waals surface area contributed by atoms with Gasteiger partial charge in [0.2, 0.25) is 0 Å². The van der Waals surface area contributed by atoms with Gasteiger partial charge in [-0.05, 0) is 37.6 Å². The van der Waals surface area contributed by atoms with E-state index in [1.54, 1.807) is 0 Å². The summed E-state index contributed by atoms with van der Waals surface area (Å²) in [7, 11) is 0. The predicted octanol–water partition coefficient (Wildman–Crippen LogP) is 3.38. The second-order valence-corrected chi connectivity index (χ2v) is 4.91. The maximum atomic E-state index is 13.8. The van der Waals surface area contributed by atoms with E-state index in [-0.39, 0.29) is 18.3 Å². The summed E-state index contributed by atoms with van der Waals surface area (Å²) in [4.78, 5) is 0. The predicted molar refractivity (Wildman–Crippen MR) is 72.2 cm³/mol. The zero-order valence-corrected chi connectivity index (χ0v) is 11.6. The van der Waals surface area contributed by atoms with Gasteiger partial charge in [-0.25, -0.2) is 8.78 Å². The summed E-state index contributed by atoms with van der Waals surface area (Å²) in [6, 6.07) is 5.95. The second-order valence-electron chi connectivity index (χ2n) is 4.91. The first-order valence-corrected chi connectivity index (χ1v) is 6.16. The molecule has 1 N–H and O–H groups in total. The van der Waals surface area contributed by atoms with Crippen LogP contribution in [0.4, 0.5) is 8.78 Å². The molecule has 1 aromatic rings. The van der Waals surface area contributed by atoms with Crippen LogP contribution in [0.15, 0.2) is 18.2 Å². The van der Waals surface area contributed by atoms with Gasteiger partial charge < -0.3 is 5.32 Å². The number of hydrogen-bond donors (Lipinski definition) is 1. The van der Waals surface area contributed by atoms with Crippen molar-refractivity contribution in [2.45, 2.75) is 25.7 Å². The van der Waals surface area contributed by atoms with Crippen LogP contribution in [0.3, 0.4) is 0 Å². The number of benzene rings is 1. The summed E-state index contributed by atoms with van der Waals surface area (Å²) >= 11 is 0. The van der Waals surface area contributed by atoms with Crippen LogP contribution >= 0.6 is 12.4 Å². The van der Waals surface area contributed by atoms with Crippen LogP contribution in [-0.4, -0.2) is 13.1 Å². The van der Waals surface area contributed by atoms with Crippen molar-refractivity contribution in [1.82, 2.24) is 5.32 Å². The van der Waals surface area contributed by atoms with Gasteiger partial charge in [0.15, 0.2) is 0 Å². The smallest absolute Gasteiger partial charge is 0.129 e. The zero-order chi connectivity index (χ0) is 13.2. The van der Waals surface area contributed by atoms with Gasteiger partial charge in [-0.1, -0.05) is 13.0 Å². The fourth-order valence-electron chi connectivity index (χ4n) is 2.66. The number of nitrogens with one attached hydrogen (secondary N) is 1. The molecule has 1 aliphatic heterocycles. The Balaban J connectivity index is 0.00000180. The third-order valence-electron chi connectivity index (χ3n) is 3.98. The lowest BCUT2D eigenvalue weighted by molar-refractivity contribution is 0.235. The van der Waals surface area contributed by atoms with Gasteiger partial charge in [0.25, 0.3) is 0 Å². The molecule has 1 atom stereocenters. The van der Waals surface area contributed by atoms with Gasteiger partial charge in [-0.2, -0.15) is 5.26 Å². The van der Waals surface area contributed by atoms with Crippen molar-refractivity contribution in [3.63, 3.8) is 0 Å². The van der Waals surface area contributed by atoms with E-state index in [1.165, 1.54) is 12.1 Å². The van der Waals surface area contributed by atoms with Crippen molar-refractivity contribution in [2.75, 3.05) is 13.1 Å². The topological polar surface area (TPSA) is 35.8 Å². The minimum absolute atomic E-state index is 0. The Morgan fingerprint density at radius 2 is 1.95 bits per heavy atom. The molecule has 1 fully saturated rings. The second kappa shape index (κ2) is 6.31. The number of nitrogens with zero attached hydrogens (tertiary/aromatic N) is 1. The summed E-state index contributed by atoms with van der Waals surface area (Å²) in [5.74, 6) is -1.37. The van der Waals surface area contributed by atoms with Crippen molar-refractivity contribution in [2.24, 2.45) is 5.41 Å². The molecule has 1 aromatic carbocycles. The molecule has 0 aromatic heterocycles. The first kappa shape index (κ1) is 15.9. The van der Waals surface area contributed by atoms with Crippen molar-refractivity contribution in [3.05, 3.63) is 35.4 Å². The molecule has 0 bridgehead atoms. The maximum Gasteiger partial charge on any atom is 0.129 e. The number of hydrogen-bond acceptors (Lipinski definition) is 2. The largest absolute Gasteiger partial charge is 0.317 e. The molecule has 2 rings (SSSR count). The molecule has 104 valence electrons. The molecule has 0 spiro atoms. The Bertz CT molecular complexity index is 479. The van der Waals surface area contributed by atoms with E-state index in [2.05, 4.69) is 11.4 Å². The van der Waals surface area contributed by atoms with Crippen molar-refractivity contribution in [3.8, 4) is 6.07 Å². The Morgan fingerprint density at radius 3 is 2.47 bits per heavy atom.